The SMILES string of the molecule is COc1ccc(/C(O)=C2\C(=O)C(=O)N(c3nnc(SCc4ccc(Cl)cc4)s3)C2c2cccc(Oc3ccccc3)c2)cc1F. The van der Waals surface area contributed by atoms with Gasteiger partial charge in [-0.1, -0.05) is 77.2 Å². The number of Topliss-reactive ketones (excluding diaryl/α,β-unsaturated/α-hetero) is 1. The lowest BCUT2D eigenvalue weighted by Crippen LogP contribution is -2.29. The van der Waals surface area contributed by atoms with Crippen LogP contribution in [0.25, 0.3) is 5.76 Å². The van der Waals surface area contributed by atoms with Crippen LogP contribution in [0.4, 0.5) is 9.52 Å². The molecule has 4 aromatic carbocycles. The molecule has 1 saturated heterocycles. The fraction of sp³-hybridized carbons (Fsp3) is 0.0909. The number of halogens is 2. The maximum atomic E-state index is 14.6. The van der Waals surface area contributed by atoms with Gasteiger partial charge in [0.2, 0.25) is 5.13 Å². The summed E-state index contributed by atoms with van der Waals surface area (Å²) in [5.41, 5.74) is 1.25. The zero-order valence-corrected chi connectivity index (χ0v) is 25.9. The Kier molecular flexibility index (Phi) is 8.83. The van der Waals surface area contributed by atoms with E-state index in [1.54, 1.807) is 48.5 Å². The molecular formula is C33H23ClFN3O5S2. The Morgan fingerprint density at radius 3 is 2.47 bits per heavy atom. The summed E-state index contributed by atoms with van der Waals surface area (Å²) in [4.78, 5) is 28.4. The third-order valence-electron chi connectivity index (χ3n) is 6.90. The van der Waals surface area contributed by atoms with Crippen molar-refractivity contribution in [3.63, 3.8) is 0 Å². The molecule has 0 saturated carbocycles. The zero-order valence-electron chi connectivity index (χ0n) is 23.5. The molecular weight excluding hydrogens is 637 g/mol. The lowest BCUT2D eigenvalue weighted by molar-refractivity contribution is -0.132. The Morgan fingerprint density at radius 1 is 0.978 bits per heavy atom. The number of amides is 1. The predicted octanol–water partition coefficient (Wildman–Crippen LogP) is 8.05. The van der Waals surface area contributed by atoms with Crippen LogP contribution in [0, 0.1) is 5.82 Å². The highest BCUT2D eigenvalue weighted by Crippen LogP contribution is 2.45. The van der Waals surface area contributed by atoms with Gasteiger partial charge in [-0.05, 0) is 65.7 Å². The van der Waals surface area contributed by atoms with Gasteiger partial charge in [-0.3, -0.25) is 14.5 Å². The molecule has 1 unspecified atom stereocenters. The standard InChI is InChI=1S/C33H23ClFN3O5S2/c1-42-26-15-12-21(17-25(26)35)29(39)27-28(20-6-5-9-24(16-20)43-23-7-3-2-4-8-23)38(31(41)30(27)40)32-36-37-33(45-32)44-18-19-10-13-22(34)14-11-19/h2-17,28,39H,18H2,1H3/b29-27+. The van der Waals surface area contributed by atoms with Gasteiger partial charge in [-0.25, -0.2) is 4.39 Å². The molecule has 0 radical (unpaired) electrons. The number of rotatable bonds is 9. The summed E-state index contributed by atoms with van der Waals surface area (Å²) in [7, 11) is 1.32. The summed E-state index contributed by atoms with van der Waals surface area (Å²) in [6.07, 6.45) is 0. The number of benzene rings is 4. The molecule has 1 amide bonds. The van der Waals surface area contributed by atoms with Crippen LogP contribution in [0.1, 0.15) is 22.7 Å². The maximum Gasteiger partial charge on any atom is 0.301 e. The largest absolute Gasteiger partial charge is 0.507 e. The summed E-state index contributed by atoms with van der Waals surface area (Å²) in [6, 6.07) is 26.0. The molecule has 5 aromatic rings. The van der Waals surface area contributed by atoms with Crippen molar-refractivity contribution in [1.82, 2.24) is 10.2 Å². The molecule has 0 bridgehead atoms. The van der Waals surface area contributed by atoms with Crippen molar-refractivity contribution < 1.29 is 28.6 Å². The van der Waals surface area contributed by atoms with Crippen LogP contribution in [0.3, 0.4) is 0 Å². The minimum Gasteiger partial charge on any atom is -0.507 e. The highest BCUT2D eigenvalue weighted by molar-refractivity contribution is 8.00. The van der Waals surface area contributed by atoms with Gasteiger partial charge in [-0.15, -0.1) is 10.2 Å². The lowest BCUT2D eigenvalue weighted by atomic mass is 9.95. The monoisotopic (exact) mass is 659 g/mol. The van der Waals surface area contributed by atoms with Gasteiger partial charge in [-0.2, -0.15) is 0 Å². The number of carbonyl (C=O) groups is 2. The van der Waals surface area contributed by atoms with Gasteiger partial charge >= 0.3 is 5.91 Å². The van der Waals surface area contributed by atoms with Crippen molar-refractivity contribution >= 4 is 57.3 Å². The molecule has 1 N–H and O–H groups in total. The average molecular weight is 660 g/mol. The number of ketones is 1. The molecule has 0 aliphatic carbocycles. The smallest absolute Gasteiger partial charge is 0.301 e. The second-order valence-electron chi connectivity index (χ2n) is 9.77. The molecule has 1 aromatic heterocycles. The second kappa shape index (κ2) is 13.1. The third kappa shape index (κ3) is 6.41. The molecule has 0 spiro atoms. The molecule has 6 rings (SSSR count). The number of anilines is 1. The number of aromatic nitrogens is 2. The van der Waals surface area contributed by atoms with Crippen LogP contribution in [-0.2, 0) is 15.3 Å². The molecule has 1 atom stereocenters. The molecule has 1 fully saturated rings. The first-order valence-electron chi connectivity index (χ1n) is 13.5. The first kappa shape index (κ1) is 30.3. The zero-order chi connectivity index (χ0) is 31.5. The minimum atomic E-state index is -1.11. The van der Waals surface area contributed by atoms with Gasteiger partial charge in [0.05, 0.1) is 18.7 Å². The number of thioether (sulfide) groups is 1. The normalized spacial score (nSPS) is 15.8. The first-order valence-corrected chi connectivity index (χ1v) is 15.7. The maximum absolute atomic E-state index is 14.6. The van der Waals surface area contributed by atoms with Gasteiger partial charge in [0.15, 0.2) is 15.9 Å². The highest BCUT2D eigenvalue weighted by Gasteiger charge is 2.48. The number of nitrogens with zero attached hydrogens (tertiary/aromatic N) is 3. The molecule has 2 heterocycles. The van der Waals surface area contributed by atoms with Gasteiger partial charge in [0.25, 0.3) is 5.78 Å². The van der Waals surface area contributed by atoms with E-state index in [2.05, 4.69) is 10.2 Å². The summed E-state index contributed by atoms with van der Waals surface area (Å²) in [5.74, 6) is -1.57. The Morgan fingerprint density at radius 2 is 1.73 bits per heavy atom. The molecule has 45 heavy (non-hydrogen) atoms. The molecule has 1 aliphatic rings. The van der Waals surface area contributed by atoms with E-state index in [1.165, 1.54) is 35.9 Å². The minimum absolute atomic E-state index is 0.00413. The quantitative estimate of drug-likeness (QED) is 0.0558. The van der Waals surface area contributed by atoms with Crippen LogP contribution >= 0.6 is 34.7 Å². The number of carbonyl (C=O) groups excluding carboxylic acids is 2. The number of aliphatic hydroxyl groups excluding tert-OH is 1. The van der Waals surface area contributed by atoms with Crippen LogP contribution in [-0.4, -0.2) is 34.1 Å². The fourth-order valence-electron chi connectivity index (χ4n) is 4.77. The highest BCUT2D eigenvalue weighted by atomic mass is 35.5. The van der Waals surface area contributed by atoms with Crippen LogP contribution in [0.5, 0.6) is 17.2 Å². The second-order valence-corrected chi connectivity index (χ2v) is 12.4. The van der Waals surface area contributed by atoms with Crippen molar-refractivity contribution in [2.24, 2.45) is 0 Å². The van der Waals surface area contributed by atoms with Crippen molar-refractivity contribution in [3.8, 4) is 17.2 Å². The average Bonchev–Trinajstić information content (AvgIpc) is 3.62. The topological polar surface area (TPSA) is 102 Å². The van der Waals surface area contributed by atoms with Crippen LogP contribution in [0.2, 0.25) is 5.02 Å². The molecule has 12 heteroatoms. The Hall–Kier alpha value is -4.71. The summed E-state index contributed by atoms with van der Waals surface area (Å²) < 4.78 is 26.2. The van der Waals surface area contributed by atoms with E-state index in [0.29, 0.717) is 32.2 Å². The third-order valence-corrected chi connectivity index (χ3v) is 9.28. The van der Waals surface area contributed by atoms with E-state index in [-0.39, 0.29) is 22.0 Å². The number of hydrogen-bond donors (Lipinski definition) is 1. The number of ether oxygens (including phenoxy) is 2. The Balaban J connectivity index is 1.40. The lowest BCUT2D eigenvalue weighted by Gasteiger charge is -2.23. The number of methoxy groups -OCH3 is 1. The summed E-state index contributed by atoms with van der Waals surface area (Å²) >= 11 is 8.54. The van der Waals surface area contributed by atoms with Gasteiger partial charge in [0, 0.05) is 16.3 Å². The van der Waals surface area contributed by atoms with Gasteiger partial charge < -0.3 is 14.6 Å². The van der Waals surface area contributed by atoms with Crippen LogP contribution < -0.4 is 14.4 Å². The van der Waals surface area contributed by atoms with E-state index < -0.39 is 29.3 Å². The van der Waals surface area contributed by atoms with Crippen molar-refractivity contribution in [2.45, 2.75) is 16.1 Å². The fourth-order valence-corrected chi connectivity index (χ4v) is 6.72. The van der Waals surface area contributed by atoms with E-state index in [9.17, 15) is 19.1 Å². The summed E-state index contributed by atoms with van der Waals surface area (Å²) in [6.45, 7) is 0. The number of para-hydroxylation sites is 1. The molecule has 1 aliphatic heterocycles. The van der Waals surface area contributed by atoms with Crippen LogP contribution in [0.15, 0.2) is 107 Å². The van der Waals surface area contributed by atoms with E-state index in [1.807, 2.05) is 30.3 Å². The number of hydrogen-bond acceptors (Lipinski definition) is 9. The van der Waals surface area contributed by atoms with Crippen molar-refractivity contribution in [2.75, 3.05) is 12.0 Å². The van der Waals surface area contributed by atoms with E-state index >= 15 is 0 Å². The Labute approximate surface area is 270 Å². The van der Waals surface area contributed by atoms with Crippen molar-refractivity contribution in [1.29, 1.82) is 0 Å². The van der Waals surface area contributed by atoms with Crippen molar-refractivity contribution in [3.05, 3.63) is 130 Å². The number of aliphatic hydroxyl groups is 1. The first-order chi connectivity index (χ1) is 21.8. The van der Waals surface area contributed by atoms with E-state index in [4.69, 9.17) is 21.1 Å². The molecule has 8 nitrogen and oxygen atoms in total. The summed E-state index contributed by atoms with van der Waals surface area (Å²) in [5, 5.41) is 20.7. The predicted molar refractivity (Wildman–Crippen MR) is 172 cm³/mol. The molecule has 226 valence electrons. The van der Waals surface area contributed by atoms with Gasteiger partial charge in [0.1, 0.15) is 17.3 Å². The van der Waals surface area contributed by atoms with E-state index in [0.717, 1.165) is 23.0 Å². The Bertz CT molecular complexity index is 1920.